The molecule has 8 nitrogen and oxygen atoms in total. The number of carbonyl (C=O) groups is 4. The third kappa shape index (κ3) is 4.68. The predicted octanol–water partition coefficient (Wildman–Crippen LogP) is 2.06. The Morgan fingerprint density at radius 1 is 1.11 bits per heavy atom. The van der Waals surface area contributed by atoms with E-state index in [4.69, 9.17) is 0 Å². The molecule has 3 N–H and O–H groups in total. The zero-order valence-electron chi connectivity index (χ0n) is 17.0. The van der Waals surface area contributed by atoms with Crippen molar-refractivity contribution in [3.63, 3.8) is 0 Å². The highest BCUT2D eigenvalue weighted by Gasteiger charge is 2.49. The van der Waals surface area contributed by atoms with Crippen molar-refractivity contribution in [1.29, 1.82) is 0 Å². The minimum absolute atomic E-state index is 0.231. The molecule has 1 aromatic rings. The van der Waals surface area contributed by atoms with E-state index in [-0.39, 0.29) is 5.92 Å². The van der Waals surface area contributed by atoms with Crippen molar-refractivity contribution in [2.45, 2.75) is 46.1 Å². The van der Waals surface area contributed by atoms with Crippen LogP contribution in [-0.2, 0) is 15.1 Å². The Morgan fingerprint density at radius 3 is 2.25 bits per heavy atom. The molecule has 6 amide bonds. The fourth-order valence-corrected chi connectivity index (χ4v) is 2.89. The van der Waals surface area contributed by atoms with E-state index >= 15 is 0 Å². The van der Waals surface area contributed by atoms with Gasteiger partial charge in [-0.3, -0.25) is 19.8 Å². The van der Waals surface area contributed by atoms with Gasteiger partial charge in [0.05, 0.1) is 0 Å². The molecule has 0 aromatic heterocycles. The van der Waals surface area contributed by atoms with Crippen LogP contribution < -0.4 is 16.0 Å². The second-order valence-corrected chi connectivity index (χ2v) is 7.88. The second kappa shape index (κ2) is 8.41. The van der Waals surface area contributed by atoms with Gasteiger partial charge in [0.1, 0.15) is 12.1 Å². The number of hydrogen-bond acceptors (Lipinski definition) is 4. The Kier molecular flexibility index (Phi) is 6.43. The number of hydrogen-bond donors (Lipinski definition) is 3. The first-order chi connectivity index (χ1) is 13.0. The number of imide groups is 2. The fraction of sp³-hybridized carbons (Fsp3) is 0.500. The summed E-state index contributed by atoms with van der Waals surface area (Å²) in [7, 11) is 0. The van der Waals surface area contributed by atoms with Gasteiger partial charge < -0.3 is 10.6 Å². The quantitative estimate of drug-likeness (QED) is 0.648. The summed E-state index contributed by atoms with van der Waals surface area (Å²) in [6, 6.07) is 6.11. The summed E-state index contributed by atoms with van der Waals surface area (Å²) in [5, 5.41) is 7.32. The number of nitrogens with one attached hydrogen (secondary N) is 3. The SMILES string of the molecule is CC(C)CNC(=O)NC(=O)CN1C(=O)N[C@](C)(c2ccc(C(C)C)cc2)C1=O. The lowest BCUT2D eigenvalue weighted by Gasteiger charge is -2.22. The van der Waals surface area contributed by atoms with Gasteiger partial charge in [-0.2, -0.15) is 0 Å². The first kappa shape index (κ1) is 21.4. The monoisotopic (exact) mass is 388 g/mol. The molecule has 1 aliphatic heterocycles. The minimum atomic E-state index is -1.26. The average molecular weight is 388 g/mol. The third-order valence-corrected chi connectivity index (χ3v) is 4.66. The molecule has 1 atom stereocenters. The van der Waals surface area contributed by atoms with E-state index < -0.39 is 36.0 Å². The van der Waals surface area contributed by atoms with Crippen molar-refractivity contribution >= 4 is 23.9 Å². The summed E-state index contributed by atoms with van der Waals surface area (Å²) in [4.78, 5) is 49.7. The van der Waals surface area contributed by atoms with Gasteiger partial charge in [-0.15, -0.1) is 0 Å². The van der Waals surface area contributed by atoms with E-state index in [2.05, 4.69) is 29.8 Å². The van der Waals surface area contributed by atoms with Crippen molar-refractivity contribution < 1.29 is 19.2 Å². The number of urea groups is 2. The van der Waals surface area contributed by atoms with Crippen molar-refractivity contribution in [2.75, 3.05) is 13.1 Å². The zero-order valence-corrected chi connectivity index (χ0v) is 17.0. The molecule has 0 radical (unpaired) electrons. The van der Waals surface area contributed by atoms with Crippen LogP contribution >= 0.6 is 0 Å². The van der Waals surface area contributed by atoms with E-state index in [0.29, 0.717) is 18.0 Å². The standard InChI is InChI=1S/C20H28N4O4/c1-12(2)10-21-18(27)22-16(25)11-24-17(26)20(5,23-19(24)28)15-8-6-14(7-9-15)13(3)4/h6-9,12-13H,10-11H2,1-5H3,(H,23,28)(H2,21,22,25,27)/t20-/m1/s1. The Morgan fingerprint density at radius 2 is 1.71 bits per heavy atom. The maximum atomic E-state index is 12.9. The number of carbonyl (C=O) groups excluding carboxylic acids is 4. The number of nitrogens with zero attached hydrogens (tertiary/aromatic N) is 1. The zero-order chi connectivity index (χ0) is 21.1. The summed E-state index contributed by atoms with van der Waals surface area (Å²) in [5.74, 6) is -0.691. The van der Waals surface area contributed by atoms with E-state index in [9.17, 15) is 19.2 Å². The van der Waals surface area contributed by atoms with E-state index in [1.807, 2.05) is 26.0 Å². The van der Waals surface area contributed by atoms with Gasteiger partial charge >= 0.3 is 12.1 Å². The topological polar surface area (TPSA) is 108 Å². The molecule has 0 bridgehead atoms. The highest BCUT2D eigenvalue weighted by Crippen LogP contribution is 2.29. The molecule has 0 unspecified atom stereocenters. The normalized spacial score (nSPS) is 19.2. The maximum Gasteiger partial charge on any atom is 0.325 e. The Labute approximate surface area is 165 Å². The van der Waals surface area contributed by atoms with Crippen LogP contribution in [0.5, 0.6) is 0 Å². The van der Waals surface area contributed by atoms with Crippen LogP contribution in [-0.4, -0.2) is 41.9 Å². The molecule has 0 spiro atoms. The molecule has 152 valence electrons. The number of benzene rings is 1. The Balaban J connectivity index is 2.06. The first-order valence-electron chi connectivity index (χ1n) is 9.36. The van der Waals surface area contributed by atoms with Crippen molar-refractivity contribution in [2.24, 2.45) is 5.92 Å². The lowest BCUT2D eigenvalue weighted by atomic mass is 9.90. The van der Waals surface area contributed by atoms with Gasteiger partial charge in [0.15, 0.2) is 0 Å². The third-order valence-electron chi connectivity index (χ3n) is 4.66. The van der Waals surface area contributed by atoms with Crippen LogP contribution in [0, 0.1) is 5.92 Å². The van der Waals surface area contributed by atoms with Gasteiger partial charge in [0, 0.05) is 6.54 Å². The number of amides is 6. The lowest BCUT2D eigenvalue weighted by molar-refractivity contribution is -0.134. The van der Waals surface area contributed by atoms with Crippen LogP contribution in [0.15, 0.2) is 24.3 Å². The minimum Gasteiger partial charge on any atom is -0.338 e. The molecule has 2 rings (SSSR count). The van der Waals surface area contributed by atoms with Crippen LogP contribution in [0.2, 0.25) is 0 Å². The molecular weight excluding hydrogens is 360 g/mol. The summed E-state index contributed by atoms with van der Waals surface area (Å²) in [6.07, 6.45) is 0. The lowest BCUT2D eigenvalue weighted by Crippen LogP contribution is -2.47. The van der Waals surface area contributed by atoms with Crippen molar-refractivity contribution in [3.05, 3.63) is 35.4 Å². The largest absolute Gasteiger partial charge is 0.338 e. The summed E-state index contributed by atoms with van der Waals surface area (Å²) >= 11 is 0. The molecule has 1 aromatic carbocycles. The molecule has 1 aliphatic rings. The van der Waals surface area contributed by atoms with Crippen LogP contribution in [0.1, 0.15) is 51.7 Å². The molecular formula is C20H28N4O4. The Hall–Kier alpha value is -2.90. The van der Waals surface area contributed by atoms with Crippen molar-refractivity contribution in [1.82, 2.24) is 20.9 Å². The molecule has 8 heteroatoms. The van der Waals surface area contributed by atoms with E-state index in [1.165, 1.54) is 0 Å². The highest BCUT2D eigenvalue weighted by molar-refractivity contribution is 6.10. The average Bonchev–Trinajstić information content (AvgIpc) is 2.84. The Bertz CT molecular complexity index is 773. The van der Waals surface area contributed by atoms with Crippen LogP contribution in [0.4, 0.5) is 9.59 Å². The second-order valence-electron chi connectivity index (χ2n) is 7.88. The summed E-state index contributed by atoms with van der Waals surface area (Å²) < 4.78 is 0. The molecule has 0 aliphatic carbocycles. The van der Waals surface area contributed by atoms with E-state index in [1.54, 1.807) is 19.1 Å². The predicted molar refractivity (Wildman–Crippen MR) is 105 cm³/mol. The van der Waals surface area contributed by atoms with Crippen LogP contribution in [0.25, 0.3) is 0 Å². The molecule has 1 fully saturated rings. The van der Waals surface area contributed by atoms with Crippen molar-refractivity contribution in [3.8, 4) is 0 Å². The first-order valence-corrected chi connectivity index (χ1v) is 9.36. The van der Waals surface area contributed by atoms with Gasteiger partial charge in [0.25, 0.3) is 5.91 Å². The van der Waals surface area contributed by atoms with Crippen LogP contribution in [0.3, 0.4) is 0 Å². The maximum absolute atomic E-state index is 12.9. The van der Waals surface area contributed by atoms with Gasteiger partial charge in [-0.05, 0) is 29.9 Å². The van der Waals surface area contributed by atoms with Gasteiger partial charge in [0.2, 0.25) is 5.91 Å². The highest BCUT2D eigenvalue weighted by atomic mass is 16.2. The van der Waals surface area contributed by atoms with Gasteiger partial charge in [-0.25, -0.2) is 9.59 Å². The smallest absolute Gasteiger partial charge is 0.325 e. The van der Waals surface area contributed by atoms with Gasteiger partial charge in [-0.1, -0.05) is 52.0 Å². The number of rotatable bonds is 6. The summed E-state index contributed by atoms with van der Waals surface area (Å²) in [5.41, 5.74) is 0.493. The van der Waals surface area contributed by atoms with E-state index in [0.717, 1.165) is 10.5 Å². The molecule has 0 saturated carbocycles. The summed E-state index contributed by atoms with van der Waals surface area (Å²) in [6.45, 7) is 9.46. The molecule has 1 heterocycles. The molecule has 1 saturated heterocycles. The molecule has 28 heavy (non-hydrogen) atoms. The fourth-order valence-electron chi connectivity index (χ4n) is 2.89.